The predicted octanol–water partition coefficient (Wildman–Crippen LogP) is 2.87. The quantitative estimate of drug-likeness (QED) is 0.726. The number of Topliss-reactive ketones (excluding diaryl/α,β-unsaturated/α-hetero) is 1. The zero-order valence-corrected chi connectivity index (χ0v) is 10.1. The van der Waals surface area contributed by atoms with Gasteiger partial charge in [-0.1, -0.05) is 24.3 Å². The topological polar surface area (TPSA) is 20.3 Å². The third-order valence-corrected chi connectivity index (χ3v) is 3.44. The van der Waals surface area contributed by atoms with Gasteiger partial charge in [-0.15, -0.1) is 0 Å². The molecule has 0 spiro atoms. The molecule has 2 heteroatoms. The summed E-state index contributed by atoms with van der Waals surface area (Å²) in [6.45, 7) is 6.11. The van der Waals surface area contributed by atoms with Crippen molar-refractivity contribution >= 4 is 5.78 Å². The molecule has 1 aromatic carbocycles. The maximum Gasteiger partial charge on any atom is 0.159 e. The maximum absolute atomic E-state index is 11.1. The number of rotatable bonds is 3. The Hall–Kier alpha value is -1.15. The number of nitrogens with zero attached hydrogens (tertiary/aromatic N) is 1. The second-order valence-corrected chi connectivity index (χ2v) is 4.71. The van der Waals surface area contributed by atoms with Crippen LogP contribution in [0.1, 0.15) is 42.6 Å². The summed E-state index contributed by atoms with van der Waals surface area (Å²) in [6, 6.07) is 8.70. The second kappa shape index (κ2) is 4.79. The minimum atomic E-state index is 0.140. The predicted molar refractivity (Wildman–Crippen MR) is 65.6 cm³/mol. The van der Waals surface area contributed by atoms with E-state index in [1.807, 2.05) is 12.1 Å². The zero-order chi connectivity index (χ0) is 11.5. The van der Waals surface area contributed by atoms with Crippen LogP contribution in [0.2, 0.25) is 0 Å². The Kier molecular flexibility index (Phi) is 3.39. The van der Waals surface area contributed by atoms with Crippen molar-refractivity contribution in [1.82, 2.24) is 4.90 Å². The first-order chi connectivity index (χ1) is 7.66. The van der Waals surface area contributed by atoms with E-state index in [2.05, 4.69) is 24.0 Å². The van der Waals surface area contributed by atoms with Crippen LogP contribution < -0.4 is 0 Å². The largest absolute Gasteiger partial charge is 0.296 e. The van der Waals surface area contributed by atoms with Crippen molar-refractivity contribution in [2.75, 3.05) is 6.54 Å². The lowest BCUT2D eigenvalue weighted by molar-refractivity contribution is 0.101. The van der Waals surface area contributed by atoms with Crippen molar-refractivity contribution in [3.05, 3.63) is 35.4 Å². The molecule has 16 heavy (non-hydrogen) atoms. The molecule has 86 valence electrons. The number of hydrogen-bond donors (Lipinski definition) is 0. The molecular weight excluding hydrogens is 198 g/mol. The fourth-order valence-electron chi connectivity index (χ4n) is 2.31. The van der Waals surface area contributed by atoms with Crippen LogP contribution in [0.15, 0.2) is 24.3 Å². The molecule has 2 nitrogen and oxygen atoms in total. The van der Waals surface area contributed by atoms with Crippen molar-refractivity contribution in [2.24, 2.45) is 0 Å². The molecular formula is C14H19NO. The van der Waals surface area contributed by atoms with Gasteiger partial charge in [0.05, 0.1) is 0 Å². The fraction of sp³-hybridized carbons (Fsp3) is 0.500. The molecule has 1 aliphatic heterocycles. The molecule has 0 aromatic heterocycles. The van der Waals surface area contributed by atoms with E-state index in [0.717, 1.165) is 12.1 Å². The van der Waals surface area contributed by atoms with Gasteiger partial charge < -0.3 is 0 Å². The van der Waals surface area contributed by atoms with Gasteiger partial charge in [-0.2, -0.15) is 0 Å². The first kappa shape index (κ1) is 11.3. The number of likely N-dealkylation sites (tertiary alicyclic amines) is 1. The van der Waals surface area contributed by atoms with Crippen LogP contribution in [-0.2, 0) is 6.54 Å². The van der Waals surface area contributed by atoms with Crippen molar-refractivity contribution in [3.63, 3.8) is 0 Å². The summed E-state index contributed by atoms with van der Waals surface area (Å²) < 4.78 is 0. The van der Waals surface area contributed by atoms with Gasteiger partial charge in [0.1, 0.15) is 0 Å². The normalized spacial score (nSPS) is 21.2. The molecule has 1 atom stereocenters. The third kappa shape index (κ3) is 2.50. The Morgan fingerprint density at radius 1 is 1.38 bits per heavy atom. The lowest BCUT2D eigenvalue weighted by Gasteiger charge is -2.20. The average molecular weight is 217 g/mol. The van der Waals surface area contributed by atoms with E-state index < -0.39 is 0 Å². The summed E-state index contributed by atoms with van der Waals surface area (Å²) in [5, 5.41) is 0. The lowest BCUT2D eigenvalue weighted by atomic mass is 10.1. The molecule has 1 saturated heterocycles. The highest BCUT2D eigenvalue weighted by Gasteiger charge is 2.19. The van der Waals surface area contributed by atoms with Crippen LogP contribution >= 0.6 is 0 Å². The molecule has 0 aliphatic carbocycles. The molecule has 0 saturated carbocycles. The van der Waals surface area contributed by atoms with Crippen LogP contribution in [0.5, 0.6) is 0 Å². The third-order valence-electron chi connectivity index (χ3n) is 3.44. The van der Waals surface area contributed by atoms with Crippen molar-refractivity contribution < 1.29 is 4.79 Å². The fourth-order valence-corrected chi connectivity index (χ4v) is 2.31. The Bertz CT molecular complexity index is 369. The van der Waals surface area contributed by atoms with Crippen molar-refractivity contribution in [3.8, 4) is 0 Å². The van der Waals surface area contributed by atoms with Gasteiger partial charge in [0, 0.05) is 18.2 Å². The van der Waals surface area contributed by atoms with Crippen LogP contribution in [0.25, 0.3) is 0 Å². The maximum atomic E-state index is 11.1. The molecule has 0 radical (unpaired) electrons. The SMILES string of the molecule is CC(=O)c1ccc(CN2CCC[C@H]2C)cc1. The highest BCUT2D eigenvalue weighted by atomic mass is 16.1. The van der Waals surface area contributed by atoms with Crippen LogP contribution in [-0.4, -0.2) is 23.3 Å². The number of carbonyl (C=O) groups excluding carboxylic acids is 1. The van der Waals surface area contributed by atoms with Crippen LogP contribution in [0.3, 0.4) is 0 Å². The summed E-state index contributed by atoms with van der Waals surface area (Å²) in [4.78, 5) is 13.6. The van der Waals surface area contributed by atoms with Gasteiger partial charge >= 0.3 is 0 Å². The van der Waals surface area contributed by atoms with Gasteiger partial charge in [-0.3, -0.25) is 9.69 Å². The standard InChI is InChI=1S/C14H19NO/c1-11-4-3-9-15(11)10-13-5-7-14(8-6-13)12(2)16/h5-8,11H,3-4,9-10H2,1-2H3/t11-/m1/s1. The highest BCUT2D eigenvalue weighted by molar-refractivity contribution is 5.93. The Labute approximate surface area is 97.3 Å². The van der Waals surface area contributed by atoms with E-state index in [0.29, 0.717) is 6.04 Å². The number of benzene rings is 1. The molecule has 0 bridgehead atoms. The second-order valence-electron chi connectivity index (χ2n) is 4.71. The number of hydrogen-bond acceptors (Lipinski definition) is 2. The van der Waals surface area contributed by atoms with Crippen molar-refractivity contribution in [2.45, 2.75) is 39.3 Å². The van der Waals surface area contributed by atoms with E-state index in [-0.39, 0.29) is 5.78 Å². The smallest absolute Gasteiger partial charge is 0.159 e. The Morgan fingerprint density at radius 3 is 2.56 bits per heavy atom. The molecule has 0 amide bonds. The molecule has 0 unspecified atom stereocenters. The van der Waals surface area contributed by atoms with Gasteiger partial charge in [-0.05, 0) is 38.8 Å². The highest BCUT2D eigenvalue weighted by Crippen LogP contribution is 2.19. The molecule has 1 aromatic rings. The lowest BCUT2D eigenvalue weighted by Crippen LogP contribution is -2.26. The Balaban J connectivity index is 2.02. The van der Waals surface area contributed by atoms with Gasteiger partial charge in [0.2, 0.25) is 0 Å². The number of carbonyl (C=O) groups is 1. The van der Waals surface area contributed by atoms with E-state index in [1.54, 1.807) is 6.92 Å². The number of ketones is 1. The van der Waals surface area contributed by atoms with Crippen LogP contribution in [0, 0.1) is 0 Å². The van der Waals surface area contributed by atoms with Gasteiger partial charge in [0.15, 0.2) is 5.78 Å². The molecule has 1 fully saturated rings. The summed E-state index contributed by atoms with van der Waals surface area (Å²) in [5.41, 5.74) is 2.11. The van der Waals surface area contributed by atoms with Gasteiger partial charge in [-0.25, -0.2) is 0 Å². The minimum absolute atomic E-state index is 0.140. The summed E-state index contributed by atoms with van der Waals surface area (Å²) in [6.07, 6.45) is 2.62. The van der Waals surface area contributed by atoms with E-state index in [9.17, 15) is 4.79 Å². The molecule has 1 aliphatic rings. The average Bonchev–Trinajstić information content (AvgIpc) is 2.65. The summed E-state index contributed by atoms with van der Waals surface area (Å²) in [7, 11) is 0. The first-order valence-electron chi connectivity index (χ1n) is 6.01. The van der Waals surface area contributed by atoms with E-state index in [4.69, 9.17) is 0 Å². The minimum Gasteiger partial charge on any atom is -0.296 e. The molecule has 0 N–H and O–H groups in total. The Morgan fingerprint density at radius 2 is 2.06 bits per heavy atom. The molecule has 2 rings (SSSR count). The summed E-state index contributed by atoms with van der Waals surface area (Å²) >= 11 is 0. The van der Waals surface area contributed by atoms with E-state index in [1.165, 1.54) is 24.9 Å². The van der Waals surface area contributed by atoms with Crippen LogP contribution in [0.4, 0.5) is 0 Å². The molecule has 1 heterocycles. The van der Waals surface area contributed by atoms with Gasteiger partial charge in [0.25, 0.3) is 0 Å². The monoisotopic (exact) mass is 217 g/mol. The van der Waals surface area contributed by atoms with Crippen molar-refractivity contribution in [1.29, 1.82) is 0 Å². The first-order valence-corrected chi connectivity index (χ1v) is 6.01. The zero-order valence-electron chi connectivity index (χ0n) is 10.1. The van der Waals surface area contributed by atoms with E-state index >= 15 is 0 Å². The summed E-state index contributed by atoms with van der Waals surface area (Å²) in [5.74, 6) is 0.140.